The Morgan fingerprint density at radius 2 is 1.62 bits per heavy atom. The number of halogens is 2. The molecule has 3 rings (SSSR count). The van der Waals surface area contributed by atoms with E-state index in [9.17, 15) is 14.0 Å². The first-order valence-electron chi connectivity index (χ1n) is 12.4. The van der Waals surface area contributed by atoms with Crippen LogP contribution in [0, 0.1) is 5.82 Å². The number of amides is 2. The summed E-state index contributed by atoms with van der Waals surface area (Å²) >= 11 is 3.52. The predicted molar refractivity (Wildman–Crippen MR) is 148 cm³/mol. The summed E-state index contributed by atoms with van der Waals surface area (Å²) in [4.78, 5) is 28.7. The fourth-order valence-corrected chi connectivity index (χ4v) is 4.44. The van der Waals surface area contributed by atoms with E-state index in [2.05, 4.69) is 28.2 Å². The molecular formula is C30H34BrFN2O3. The maximum absolute atomic E-state index is 13.7. The van der Waals surface area contributed by atoms with E-state index >= 15 is 0 Å². The standard InChI is InChI=1S/C30H34BrFN2O3/c1-5-21-13-16-27(25(31)17-21)37-20-28(35)34(19-23-11-14-24(32)15-12-23)26(29(36)33-30(2,3)4)18-22-9-7-6-8-10-22/h6-17,26H,5,18-20H2,1-4H3,(H,33,36). The molecule has 0 aliphatic rings. The van der Waals surface area contributed by atoms with Crippen molar-refractivity contribution in [2.75, 3.05) is 6.61 Å². The van der Waals surface area contributed by atoms with Gasteiger partial charge in [0.15, 0.2) is 6.61 Å². The van der Waals surface area contributed by atoms with Crippen molar-refractivity contribution >= 4 is 27.7 Å². The number of ether oxygens (including phenoxy) is 1. The highest BCUT2D eigenvalue weighted by molar-refractivity contribution is 9.10. The molecule has 0 bridgehead atoms. The third kappa shape index (κ3) is 8.71. The van der Waals surface area contributed by atoms with Gasteiger partial charge in [0.2, 0.25) is 5.91 Å². The lowest BCUT2D eigenvalue weighted by Crippen LogP contribution is -2.55. The zero-order valence-corrected chi connectivity index (χ0v) is 23.3. The van der Waals surface area contributed by atoms with Crippen molar-refractivity contribution < 1.29 is 18.7 Å². The van der Waals surface area contributed by atoms with Gasteiger partial charge in [-0.05, 0) is 84.1 Å². The third-order valence-electron chi connectivity index (χ3n) is 5.79. The average Bonchev–Trinajstić information content (AvgIpc) is 2.85. The molecule has 3 aromatic carbocycles. The average molecular weight is 570 g/mol. The molecule has 1 atom stereocenters. The highest BCUT2D eigenvalue weighted by atomic mass is 79.9. The van der Waals surface area contributed by atoms with Crippen LogP contribution in [0.3, 0.4) is 0 Å². The maximum atomic E-state index is 13.7. The molecule has 0 aliphatic carbocycles. The van der Waals surface area contributed by atoms with Crippen molar-refractivity contribution in [3.05, 3.63) is 99.8 Å². The molecule has 5 nitrogen and oxygen atoms in total. The molecule has 196 valence electrons. The Kier molecular flexibility index (Phi) is 9.86. The smallest absolute Gasteiger partial charge is 0.261 e. The summed E-state index contributed by atoms with van der Waals surface area (Å²) in [6, 6.07) is 20.5. The molecule has 0 radical (unpaired) electrons. The van der Waals surface area contributed by atoms with Crippen LogP contribution < -0.4 is 10.1 Å². The van der Waals surface area contributed by atoms with Gasteiger partial charge in [0.1, 0.15) is 17.6 Å². The highest BCUT2D eigenvalue weighted by Gasteiger charge is 2.32. The van der Waals surface area contributed by atoms with Gasteiger partial charge in [-0.3, -0.25) is 9.59 Å². The summed E-state index contributed by atoms with van der Waals surface area (Å²) in [5.41, 5.74) is 2.29. The van der Waals surface area contributed by atoms with Crippen LogP contribution in [-0.4, -0.2) is 34.9 Å². The Morgan fingerprint density at radius 1 is 0.973 bits per heavy atom. The van der Waals surface area contributed by atoms with Crippen molar-refractivity contribution in [3.63, 3.8) is 0 Å². The molecule has 2 amide bonds. The molecule has 0 saturated heterocycles. The minimum Gasteiger partial charge on any atom is -0.483 e. The van der Waals surface area contributed by atoms with Gasteiger partial charge in [-0.2, -0.15) is 0 Å². The van der Waals surface area contributed by atoms with Crippen molar-refractivity contribution in [2.45, 2.75) is 58.7 Å². The molecule has 0 heterocycles. The molecule has 3 aromatic rings. The fourth-order valence-electron chi connectivity index (χ4n) is 3.90. The summed E-state index contributed by atoms with van der Waals surface area (Å²) in [6.07, 6.45) is 1.21. The number of aryl methyl sites for hydroxylation is 1. The largest absolute Gasteiger partial charge is 0.483 e. The van der Waals surface area contributed by atoms with Crippen molar-refractivity contribution in [2.24, 2.45) is 0 Å². The monoisotopic (exact) mass is 568 g/mol. The second-order valence-electron chi connectivity index (χ2n) is 10.00. The SMILES string of the molecule is CCc1ccc(OCC(=O)N(Cc2ccc(F)cc2)C(Cc2ccccc2)C(=O)NC(C)(C)C)c(Br)c1. The predicted octanol–water partition coefficient (Wildman–Crippen LogP) is 6.08. The lowest BCUT2D eigenvalue weighted by atomic mass is 10.0. The zero-order valence-electron chi connectivity index (χ0n) is 21.8. The van der Waals surface area contributed by atoms with Crippen molar-refractivity contribution in [1.82, 2.24) is 10.2 Å². The number of rotatable bonds is 10. The molecule has 1 unspecified atom stereocenters. The summed E-state index contributed by atoms with van der Waals surface area (Å²) in [5, 5.41) is 3.02. The zero-order chi connectivity index (χ0) is 27.0. The minimum absolute atomic E-state index is 0.132. The van der Waals surface area contributed by atoms with Gasteiger partial charge >= 0.3 is 0 Å². The Bertz CT molecular complexity index is 1190. The van der Waals surface area contributed by atoms with E-state index < -0.39 is 11.6 Å². The van der Waals surface area contributed by atoms with E-state index in [-0.39, 0.29) is 30.8 Å². The molecule has 0 aromatic heterocycles. The lowest BCUT2D eigenvalue weighted by Gasteiger charge is -2.33. The number of carbonyl (C=O) groups excluding carboxylic acids is 2. The third-order valence-corrected chi connectivity index (χ3v) is 6.41. The molecule has 0 aliphatic heterocycles. The van der Waals surface area contributed by atoms with Gasteiger partial charge in [-0.1, -0.05) is 55.5 Å². The van der Waals surface area contributed by atoms with Crippen LogP contribution in [0.4, 0.5) is 4.39 Å². The second kappa shape index (κ2) is 12.9. The first-order chi connectivity index (χ1) is 17.6. The Hall–Kier alpha value is -3.19. The van der Waals surface area contributed by atoms with E-state index in [0.29, 0.717) is 17.7 Å². The summed E-state index contributed by atoms with van der Waals surface area (Å²) < 4.78 is 20.2. The van der Waals surface area contributed by atoms with E-state index in [1.54, 1.807) is 12.1 Å². The number of nitrogens with zero attached hydrogens (tertiary/aromatic N) is 1. The summed E-state index contributed by atoms with van der Waals surface area (Å²) in [6.45, 7) is 7.65. The number of hydrogen-bond acceptors (Lipinski definition) is 3. The van der Waals surface area contributed by atoms with Gasteiger partial charge in [0.25, 0.3) is 5.91 Å². The normalized spacial score (nSPS) is 12.1. The summed E-state index contributed by atoms with van der Waals surface area (Å²) in [7, 11) is 0. The maximum Gasteiger partial charge on any atom is 0.261 e. The molecule has 0 saturated carbocycles. The van der Waals surface area contributed by atoms with Gasteiger partial charge in [0, 0.05) is 18.5 Å². The van der Waals surface area contributed by atoms with Crippen LogP contribution in [0.2, 0.25) is 0 Å². The molecule has 0 fully saturated rings. The van der Waals surface area contributed by atoms with Crippen molar-refractivity contribution in [1.29, 1.82) is 0 Å². The van der Waals surface area contributed by atoms with Gasteiger partial charge < -0.3 is 15.0 Å². The van der Waals surface area contributed by atoms with E-state index in [0.717, 1.165) is 22.0 Å². The number of hydrogen-bond donors (Lipinski definition) is 1. The van der Waals surface area contributed by atoms with E-state index in [1.165, 1.54) is 17.0 Å². The minimum atomic E-state index is -0.798. The number of carbonyl (C=O) groups is 2. The van der Waals surface area contributed by atoms with Crippen LogP contribution in [0.15, 0.2) is 77.3 Å². The number of nitrogens with one attached hydrogen (secondary N) is 1. The fraction of sp³-hybridized carbons (Fsp3) is 0.333. The molecular weight excluding hydrogens is 535 g/mol. The van der Waals surface area contributed by atoms with E-state index in [1.807, 2.05) is 69.3 Å². The van der Waals surface area contributed by atoms with Crippen LogP contribution in [0.25, 0.3) is 0 Å². The topological polar surface area (TPSA) is 58.6 Å². The van der Waals surface area contributed by atoms with E-state index in [4.69, 9.17) is 4.74 Å². The molecule has 7 heteroatoms. The first-order valence-corrected chi connectivity index (χ1v) is 13.2. The second-order valence-corrected chi connectivity index (χ2v) is 10.9. The summed E-state index contributed by atoms with van der Waals surface area (Å²) in [5.74, 6) is -0.427. The highest BCUT2D eigenvalue weighted by Crippen LogP contribution is 2.26. The lowest BCUT2D eigenvalue weighted by molar-refractivity contribution is -0.143. The number of benzene rings is 3. The first kappa shape index (κ1) is 28.4. The van der Waals surface area contributed by atoms with Gasteiger partial charge in [0.05, 0.1) is 4.47 Å². The Morgan fingerprint density at radius 3 is 2.22 bits per heavy atom. The molecule has 0 spiro atoms. The molecule has 37 heavy (non-hydrogen) atoms. The van der Waals surface area contributed by atoms with Crippen LogP contribution in [0.5, 0.6) is 5.75 Å². The van der Waals surface area contributed by atoms with Crippen LogP contribution >= 0.6 is 15.9 Å². The van der Waals surface area contributed by atoms with Gasteiger partial charge in [-0.25, -0.2) is 4.39 Å². The quantitative estimate of drug-likeness (QED) is 0.322. The van der Waals surface area contributed by atoms with Crippen LogP contribution in [-0.2, 0) is 29.0 Å². The van der Waals surface area contributed by atoms with Crippen molar-refractivity contribution in [3.8, 4) is 5.75 Å². The van der Waals surface area contributed by atoms with Crippen LogP contribution in [0.1, 0.15) is 44.4 Å². The van der Waals surface area contributed by atoms with Gasteiger partial charge in [-0.15, -0.1) is 0 Å². The molecule has 1 N–H and O–H groups in total. The Balaban J connectivity index is 1.92. The Labute approximate surface area is 227 Å².